The Kier molecular flexibility index (Phi) is 8.67. The highest BCUT2D eigenvalue weighted by atomic mass is 15.1. The van der Waals surface area contributed by atoms with Crippen LogP contribution in [0.25, 0.3) is 33.4 Å². The second-order valence-corrected chi connectivity index (χ2v) is 17.1. The third kappa shape index (κ3) is 5.60. The lowest BCUT2D eigenvalue weighted by Crippen LogP contribution is -2.30. The van der Waals surface area contributed by atoms with E-state index in [1.807, 2.05) is 0 Å². The molecule has 4 aliphatic carbocycles. The predicted octanol–water partition coefficient (Wildman–Crippen LogP) is 15.5. The van der Waals surface area contributed by atoms with Gasteiger partial charge in [-0.1, -0.05) is 201 Å². The van der Waals surface area contributed by atoms with Crippen LogP contribution in [-0.4, -0.2) is 0 Å². The van der Waals surface area contributed by atoms with Crippen LogP contribution < -0.4 is 4.90 Å². The van der Waals surface area contributed by atoms with E-state index >= 15 is 0 Å². The molecular weight excluding hydrogens is 723 g/mol. The maximum atomic E-state index is 2.53. The Balaban J connectivity index is 1.10. The molecule has 0 amide bonds. The van der Waals surface area contributed by atoms with Gasteiger partial charge in [0.25, 0.3) is 0 Å². The molecule has 0 aliphatic heterocycles. The van der Waals surface area contributed by atoms with Crippen LogP contribution in [0.15, 0.2) is 218 Å². The fourth-order valence-electron chi connectivity index (χ4n) is 10.7. The van der Waals surface area contributed by atoms with Crippen molar-refractivity contribution in [2.45, 2.75) is 43.9 Å². The van der Waals surface area contributed by atoms with Crippen molar-refractivity contribution >= 4 is 28.2 Å². The SMILES string of the molecule is CC1(C)c2ccccc2-c2ccc(N(c3ccc(C4=CCC=C(c5ccccc5)C=C4)cc3)c3cccc4c3-c3ccccc3C4(C3=CC=CCC3)c3ccccc3)cc21. The minimum absolute atomic E-state index is 0.128. The van der Waals surface area contributed by atoms with Crippen molar-refractivity contribution in [3.63, 3.8) is 0 Å². The van der Waals surface area contributed by atoms with Crippen molar-refractivity contribution in [1.82, 2.24) is 0 Å². The van der Waals surface area contributed by atoms with Crippen molar-refractivity contribution in [3.05, 3.63) is 257 Å². The summed E-state index contributed by atoms with van der Waals surface area (Å²) in [6.07, 6.45) is 19.1. The summed E-state index contributed by atoms with van der Waals surface area (Å²) in [7, 11) is 0. The number of anilines is 3. The Labute approximate surface area is 354 Å². The highest BCUT2D eigenvalue weighted by Gasteiger charge is 2.48. The zero-order valence-electron chi connectivity index (χ0n) is 34.3. The van der Waals surface area contributed by atoms with Crippen LogP contribution in [0.4, 0.5) is 17.1 Å². The Hall–Kier alpha value is -6.96. The highest BCUT2D eigenvalue weighted by Crippen LogP contribution is 2.61. The standard InChI is InChI=1S/C59H47N/c1-58(2)52-28-14-12-26-49(52)50-39-38-48(40-55(50)58)60(47-36-34-44(35-37-47)43-21-16-20-42(32-33-43)41-18-6-3-7-19-41)56-31-17-30-54-57(56)51-27-13-15-29-53(51)59(54,45-22-8-4-9-23-45)46-24-10-5-11-25-46/h3-10,12-15,17-24,26-40H,11,16,25H2,1-2H3. The molecule has 4 aliphatic rings. The molecular formula is C59H47N. The number of hydrogen-bond acceptors (Lipinski definition) is 1. The molecule has 60 heavy (non-hydrogen) atoms. The normalized spacial score (nSPS) is 18.0. The molecule has 0 saturated heterocycles. The van der Waals surface area contributed by atoms with Crippen LogP contribution in [-0.2, 0) is 10.8 Å². The number of nitrogens with zero attached hydrogens (tertiary/aromatic N) is 1. The minimum atomic E-state index is -0.407. The molecule has 1 atom stereocenters. The second kappa shape index (κ2) is 14.4. The molecule has 1 nitrogen and oxygen atoms in total. The van der Waals surface area contributed by atoms with Gasteiger partial charge in [-0.15, -0.1) is 0 Å². The first-order valence-corrected chi connectivity index (χ1v) is 21.5. The summed E-state index contributed by atoms with van der Waals surface area (Å²) in [6.45, 7) is 4.76. The van der Waals surface area contributed by atoms with Gasteiger partial charge >= 0.3 is 0 Å². The Bertz CT molecular complexity index is 2950. The summed E-state index contributed by atoms with van der Waals surface area (Å²) in [5.41, 5.74) is 21.4. The predicted molar refractivity (Wildman–Crippen MR) is 253 cm³/mol. The zero-order valence-corrected chi connectivity index (χ0v) is 34.3. The van der Waals surface area contributed by atoms with Gasteiger partial charge in [0.2, 0.25) is 0 Å². The third-order valence-electron chi connectivity index (χ3n) is 13.5. The first-order chi connectivity index (χ1) is 29.5. The van der Waals surface area contributed by atoms with Crippen LogP contribution in [0.1, 0.15) is 72.1 Å². The van der Waals surface area contributed by atoms with Gasteiger partial charge in [-0.25, -0.2) is 0 Å². The molecule has 11 rings (SSSR count). The molecule has 288 valence electrons. The van der Waals surface area contributed by atoms with Gasteiger partial charge in [0.05, 0.1) is 11.1 Å². The fraction of sp³-hybridized carbons (Fsp3) is 0.119. The number of rotatable bonds is 7. The van der Waals surface area contributed by atoms with Gasteiger partial charge in [-0.05, 0) is 116 Å². The summed E-state index contributed by atoms with van der Waals surface area (Å²) in [5, 5.41) is 0. The summed E-state index contributed by atoms with van der Waals surface area (Å²) < 4.78 is 0. The molecule has 7 aromatic rings. The fourth-order valence-corrected chi connectivity index (χ4v) is 10.7. The number of fused-ring (bicyclic) bond motifs is 6. The minimum Gasteiger partial charge on any atom is -0.310 e. The number of hydrogen-bond donors (Lipinski definition) is 0. The largest absolute Gasteiger partial charge is 0.310 e. The van der Waals surface area contributed by atoms with Gasteiger partial charge in [0, 0.05) is 22.4 Å². The molecule has 0 saturated carbocycles. The number of allylic oxidation sites excluding steroid dienone is 10. The maximum Gasteiger partial charge on any atom is 0.0677 e. The summed E-state index contributed by atoms with van der Waals surface area (Å²) in [6, 6.07) is 63.5. The third-order valence-corrected chi connectivity index (χ3v) is 13.5. The Morgan fingerprint density at radius 2 is 1.12 bits per heavy atom. The molecule has 0 aromatic heterocycles. The lowest BCUT2D eigenvalue weighted by atomic mass is 9.65. The molecule has 1 heteroatoms. The summed E-state index contributed by atoms with van der Waals surface area (Å²) in [5.74, 6) is 0. The van der Waals surface area contributed by atoms with Crippen molar-refractivity contribution in [3.8, 4) is 22.3 Å². The highest BCUT2D eigenvalue weighted by molar-refractivity contribution is 5.98. The van der Waals surface area contributed by atoms with Gasteiger partial charge in [-0.3, -0.25) is 0 Å². The summed E-state index contributed by atoms with van der Waals surface area (Å²) in [4.78, 5) is 2.53. The molecule has 0 bridgehead atoms. The summed E-state index contributed by atoms with van der Waals surface area (Å²) >= 11 is 0. The van der Waals surface area contributed by atoms with Crippen LogP contribution >= 0.6 is 0 Å². The quantitative estimate of drug-likeness (QED) is 0.156. The van der Waals surface area contributed by atoms with Crippen molar-refractivity contribution in [2.24, 2.45) is 0 Å². The van der Waals surface area contributed by atoms with Gasteiger partial charge in [0.1, 0.15) is 0 Å². The van der Waals surface area contributed by atoms with E-state index in [1.54, 1.807) is 0 Å². The molecule has 0 spiro atoms. The van der Waals surface area contributed by atoms with Gasteiger partial charge in [0.15, 0.2) is 0 Å². The van der Waals surface area contributed by atoms with E-state index in [9.17, 15) is 0 Å². The average molecular weight is 770 g/mol. The van der Waals surface area contributed by atoms with Gasteiger partial charge < -0.3 is 4.90 Å². The van der Waals surface area contributed by atoms with E-state index in [4.69, 9.17) is 0 Å². The van der Waals surface area contributed by atoms with Crippen molar-refractivity contribution in [1.29, 1.82) is 0 Å². The lowest BCUT2D eigenvalue weighted by Gasteiger charge is -2.37. The zero-order chi connectivity index (χ0) is 40.3. The first kappa shape index (κ1) is 36.1. The molecule has 0 radical (unpaired) electrons. The molecule has 7 aromatic carbocycles. The molecule has 0 N–H and O–H groups in total. The van der Waals surface area contributed by atoms with E-state index in [0.717, 1.165) is 30.6 Å². The second-order valence-electron chi connectivity index (χ2n) is 17.1. The van der Waals surface area contributed by atoms with E-state index in [-0.39, 0.29) is 5.41 Å². The van der Waals surface area contributed by atoms with Crippen LogP contribution in [0.3, 0.4) is 0 Å². The van der Waals surface area contributed by atoms with E-state index < -0.39 is 5.41 Å². The molecule has 1 unspecified atom stereocenters. The van der Waals surface area contributed by atoms with Crippen molar-refractivity contribution < 1.29 is 0 Å². The Morgan fingerprint density at radius 3 is 1.85 bits per heavy atom. The van der Waals surface area contributed by atoms with Gasteiger partial charge in [-0.2, -0.15) is 0 Å². The van der Waals surface area contributed by atoms with Crippen LogP contribution in [0.5, 0.6) is 0 Å². The van der Waals surface area contributed by atoms with Crippen LogP contribution in [0.2, 0.25) is 0 Å². The number of benzene rings is 7. The van der Waals surface area contributed by atoms with E-state index in [0.29, 0.717) is 0 Å². The van der Waals surface area contributed by atoms with Crippen molar-refractivity contribution in [2.75, 3.05) is 4.90 Å². The smallest absolute Gasteiger partial charge is 0.0677 e. The van der Waals surface area contributed by atoms with E-state index in [1.165, 1.54) is 83.6 Å². The first-order valence-electron chi connectivity index (χ1n) is 21.5. The molecule has 0 heterocycles. The monoisotopic (exact) mass is 769 g/mol. The topological polar surface area (TPSA) is 3.24 Å². The Morgan fingerprint density at radius 1 is 0.500 bits per heavy atom. The molecule has 0 fully saturated rings. The van der Waals surface area contributed by atoms with Crippen LogP contribution in [0, 0.1) is 0 Å². The van der Waals surface area contributed by atoms with E-state index in [2.05, 4.69) is 231 Å². The maximum absolute atomic E-state index is 2.53. The average Bonchev–Trinajstić information content (AvgIpc) is 3.57. The lowest BCUT2D eigenvalue weighted by molar-refractivity contribution is 0.660.